The molecule has 20 heavy (non-hydrogen) atoms. The predicted octanol–water partition coefficient (Wildman–Crippen LogP) is 3.60. The monoisotopic (exact) mass is 278 g/mol. The average Bonchev–Trinajstić information content (AvgIpc) is 2.40. The normalized spacial score (nSPS) is 20.8. The van der Waals surface area contributed by atoms with E-state index >= 15 is 0 Å². The van der Waals surface area contributed by atoms with Crippen molar-refractivity contribution < 1.29 is 4.39 Å². The average molecular weight is 278 g/mol. The molecule has 1 aromatic rings. The van der Waals surface area contributed by atoms with Gasteiger partial charge in [-0.15, -0.1) is 0 Å². The lowest BCUT2D eigenvalue weighted by Crippen LogP contribution is -2.41. The van der Waals surface area contributed by atoms with Crippen LogP contribution in [0.5, 0.6) is 0 Å². The topological polar surface area (TPSA) is 15.3 Å². The first-order chi connectivity index (χ1) is 9.52. The van der Waals surface area contributed by atoms with Gasteiger partial charge in [0.15, 0.2) is 0 Å². The van der Waals surface area contributed by atoms with Crippen LogP contribution in [0, 0.1) is 11.2 Å². The van der Waals surface area contributed by atoms with E-state index in [0.717, 1.165) is 25.1 Å². The van der Waals surface area contributed by atoms with Crippen molar-refractivity contribution in [1.29, 1.82) is 0 Å². The zero-order chi connectivity index (χ0) is 14.6. The van der Waals surface area contributed by atoms with Gasteiger partial charge in [-0.1, -0.05) is 32.0 Å². The molecule has 1 unspecified atom stereocenters. The van der Waals surface area contributed by atoms with Crippen LogP contribution in [0.1, 0.15) is 44.7 Å². The molecule has 1 fully saturated rings. The minimum atomic E-state index is -0.106. The molecule has 1 aliphatic rings. The Hall–Kier alpha value is -0.930. The molecule has 1 aliphatic heterocycles. The zero-order valence-electron chi connectivity index (χ0n) is 13.0. The fourth-order valence-electron chi connectivity index (χ4n) is 3.26. The van der Waals surface area contributed by atoms with Crippen LogP contribution in [0.15, 0.2) is 24.3 Å². The van der Waals surface area contributed by atoms with Crippen LogP contribution in [0.25, 0.3) is 0 Å². The van der Waals surface area contributed by atoms with Gasteiger partial charge in [0.25, 0.3) is 0 Å². The largest absolute Gasteiger partial charge is 0.313 e. The van der Waals surface area contributed by atoms with E-state index in [1.165, 1.54) is 19.4 Å². The minimum absolute atomic E-state index is 0.0984. The summed E-state index contributed by atoms with van der Waals surface area (Å²) in [6, 6.07) is 7.19. The third-order valence-corrected chi connectivity index (χ3v) is 4.34. The predicted molar refractivity (Wildman–Crippen MR) is 82.3 cm³/mol. The molecule has 0 aliphatic carbocycles. The Kier molecular flexibility index (Phi) is 5.17. The molecule has 1 heterocycles. The first-order valence-corrected chi connectivity index (χ1v) is 7.66. The van der Waals surface area contributed by atoms with Gasteiger partial charge >= 0.3 is 0 Å². The van der Waals surface area contributed by atoms with Gasteiger partial charge in [0, 0.05) is 18.2 Å². The van der Waals surface area contributed by atoms with Crippen molar-refractivity contribution >= 4 is 0 Å². The van der Waals surface area contributed by atoms with E-state index in [0.29, 0.717) is 5.41 Å². The van der Waals surface area contributed by atoms with Crippen molar-refractivity contribution in [1.82, 2.24) is 10.2 Å². The van der Waals surface area contributed by atoms with E-state index < -0.39 is 0 Å². The van der Waals surface area contributed by atoms with Gasteiger partial charge in [0.2, 0.25) is 0 Å². The van der Waals surface area contributed by atoms with Crippen LogP contribution >= 0.6 is 0 Å². The van der Waals surface area contributed by atoms with Crippen LogP contribution in [-0.4, -0.2) is 31.6 Å². The van der Waals surface area contributed by atoms with Crippen molar-refractivity contribution in [2.24, 2.45) is 5.41 Å². The highest BCUT2D eigenvalue weighted by molar-refractivity contribution is 5.21. The molecule has 1 aromatic carbocycles. The lowest BCUT2D eigenvalue weighted by Gasteiger charge is -2.38. The van der Waals surface area contributed by atoms with Gasteiger partial charge in [0.1, 0.15) is 5.82 Å². The molecule has 1 atom stereocenters. The lowest BCUT2D eigenvalue weighted by molar-refractivity contribution is 0.113. The summed E-state index contributed by atoms with van der Waals surface area (Å²) in [7, 11) is 1.91. The van der Waals surface area contributed by atoms with Crippen molar-refractivity contribution in [3.8, 4) is 0 Å². The number of hydrogen-bond acceptors (Lipinski definition) is 2. The Labute approximate surface area is 122 Å². The summed E-state index contributed by atoms with van der Waals surface area (Å²) in [5.41, 5.74) is 1.21. The Bertz CT molecular complexity index is 431. The van der Waals surface area contributed by atoms with Crippen molar-refractivity contribution in [2.75, 3.05) is 26.7 Å². The van der Waals surface area contributed by atoms with E-state index in [9.17, 15) is 4.39 Å². The summed E-state index contributed by atoms with van der Waals surface area (Å²) in [5, 5.41) is 3.25. The zero-order valence-corrected chi connectivity index (χ0v) is 13.0. The fraction of sp³-hybridized carbons (Fsp3) is 0.647. The molecule has 112 valence electrons. The number of nitrogens with one attached hydrogen (secondary N) is 1. The smallest absolute Gasteiger partial charge is 0.127 e. The van der Waals surface area contributed by atoms with Crippen LogP contribution in [-0.2, 0) is 0 Å². The van der Waals surface area contributed by atoms with Gasteiger partial charge < -0.3 is 10.2 Å². The maximum Gasteiger partial charge on any atom is 0.127 e. The molecule has 3 heteroatoms. The third-order valence-electron chi connectivity index (χ3n) is 4.34. The second kappa shape index (κ2) is 6.68. The van der Waals surface area contributed by atoms with Gasteiger partial charge in [-0.05, 0) is 50.9 Å². The van der Waals surface area contributed by atoms with E-state index in [1.54, 1.807) is 12.1 Å². The Morgan fingerprint density at radius 2 is 2.10 bits per heavy atom. The molecule has 0 aromatic heterocycles. The third kappa shape index (κ3) is 4.03. The molecular formula is C17H27FN2. The quantitative estimate of drug-likeness (QED) is 0.885. The maximum atomic E-state index is 13.9. The molecule has 2 rings (SSSR count). The summed E-state index contributed by atoms with van der Waals surface area (Å²) in [6.45, 7) is 8.04. The standard InChI is InChI=1S/C17H27FN2/c1-17(2)10-6-11-20(13-17)12-9-16(19-3)14-7-4-5-8-15(14)18/h4-5,7-8,16,19H,6,9-13H2,1-3H3. The van der Waals surface area contributed by atoms with Gasteiger partial charge in [0.05, 0.1) is 0 Å². The van der Waals surface area contributed by atoms with Crippen LogP contribution < -0.4 is 5.32 Å². The first-order valence-electron chi connectivity index (χ1n) is 7.66. The van der Waals surface area contributed by atoms with Crippen LogP contribution in [0.3, 0.4) is 0 Å². The molecule has 1 saturated heterocycles. The number of rotatable bonds is 5. The lowest BCUT2D eigenvalue weighted by atomic mass is 9.84. The van der Waals surface area contributed by atoms with E-state index in [-0.39, 0.29) is 11.9 Å². The first kappa shape index (κ1) is 15.5. The summed E-state index contributed by atoms with van der Waals surface area (Å²) in [6.07, 6.45) is 3.54. The number of halogens is 1. The fourth-order valence-corrected chi connectivity index (χ4v) is 3.26. The van der Waals surface area contributed by atoms with Crippen molar-refractivity contribution in [3.63, 3.8) is 0 Å². The van der Waals surface area contributed by atoms with E-state index in [1.807, 2.05) is 19.2 Å². The number of likely N-dealkylation sites (tertiary alicyclic amines) is 1. The van der Waals surface area contributed by atoms with E-state index in [4.69, 9.17) is 0 Å². The number of hydrogen-bond donors (Lipinski definition) is 1. The van der Waals surface area contributed by atoms with Crippen LogP contribution in [0.2, 0.25) is 0 Å². The molecule has 0 spiro atoms. The minimum Gasteiger partial charge on any atom is -0.313 e. The summed E-state index contributed by atoms with van der Waals surface area (Å²) >= 11 is 0. The van der Waals surface area contributed by atoms with Crippen LogP contribution in [0.4, 0.5) is 4.39 Å². The molecule has 2 nitrogen and oxygen atoms in total. The number of piperidine rings is 1. The Morgan fingerprint density at radius 3 is 2.75 bits per heavy atom. The molecule has 0 bridgehead atoms. The van der Waals surface area contributed by atoms with Crippen molar-refractivity contribution in [3.05, 3.63) is 35.6 Å². The van der Waals surface area contributed by atoms with Gasteiger partial charge in [-0.25, -0.2) is 4.39 Å². The summed E-state index contributed by atoms with van der Waals surface area (Å²) < 4.78 is 13.9. The molecule has 0 radical (unpaired) electrons. The highest BCUT2D eigenvalue weighted by atomic mass is 19.1. The highest BCUT2D eigenvalue weighted by Gasteiger charge is 2.26. The van der Waals surface area contributed by atoms with Crippen molar-refractivity contribution in [2.45, 2.75) is 39.2 Å². The summed E-state index contributed by atoms with van der Waals surface area (Å²) in [5.74, 6) is -0.106. The number of benzene rings is 1. The highest BCUT2D eigenvalue weighted by Crippen LogP contribution is 2.29. The Balaban J connectivity index is 1.93. The van der Waals surface area contributed by atoms with Gasteiger partial charge in [-0.2, -0.15) is 0 Å². The molecular weight excluding hydrogens is 251 g/mol. The number of nitrogens with zero attached hydrogens (tertiary/aromatic N) is 1. The second-order valence-corrected chi connectivity index (χ2v) is 6.70. The second-order valence-electron chi connectivity index (χ2n) is 6.70. The van der Waals surface area contributed by atoms with Gasteiger partial charge in [-0.3, -0.25) is 0 Å². The Morgan fingerprint density at radius 1 is 1.35 bits per heavy atom. The SMILES string of the molecule is CNC(CCN1CCCC(C)(C)C1)c1ccccc1F. The molecule has 1 N–H and O–H groups in total. The molecule has 0 amide bonds. The van der Waals surface area contributed by atoms with E-state index in [2.05, 4.69) is 24.1 Å². The summed E-state index contributed by atoms with van der Waals surface area (Å²) in [4.78, 5) is 2.52. The maximum absolute atomic E-state index is 13.9. The molecule has 0 saturated carbocycles.